The van der Waals surface area contributed by atoms with Gasteiger partial charge < -0.3 is 26.5 Å². The van der Waals surface area contributed by atoms with Gasteiger partial charge in [0.1, 0.15) is 12.0 Å². The molecule has 0 radical (unpaired) electrons. The molecule has 2 aromatic carbocycles. The lowest BCUT2D eigenvalue weighted by Crippen LogP contribution is -2.47. The number of nitrogens with two attached hydrogens (primary N) is 3. The van der Waals surface area contributed by atoms with Crippen LogP contribution in [0.3, 0.4) is 0 Å². The summed E-state index contributed by atoms with van der Waals surface area (Å²) in [7, 11) is 0. The number of rotatable bonds is 4. The Balaban J connectivity index is 1.74. The van der Waals surface area contributed by atoms with E-state index in [9.17, 15) is 27.2 Å². The molecule has 13 heteroatoms. The smallest absolute Gasteiger partial charge is 0.416 e. The minimum atomic E-state index is -4.77. The number of aliphatic imine (C=N–C) groups is 1. The quantitative estimate of drug-likeness (QED) is 0.493. The Bertz CT molecular complexity index is 1300. The van der Waals surface area contributed by atoms with E-state index < -0.39 is 41.3 Å². The highest BCUT2D eigenvalue weighted by Crippen LogP contribution is 2.38. The van der Waals surface area contributed by atoms with Crippen molar-refractivity contribution in [1.29, 1.82) is 0 Å². The zero-order chi connectivity index (χ0) is 24.8. The van der Waals surface area contributed by atoms with Gasteiger partial charge in [0.05, 0.1) is 28.8 Å². The zero-order valence-corrected chi connectivity index (χ0v) is 17.1. The Labute approximate surface area is 189 Å². The van der Waals surface area contributed by atoms with Crippen molar-refractivity contribution in [2.45, 2.75) is 12.3 Å². The molecule has 0 spiro atoms. The molecule has 6 N–H and O–H groups in total. The third-order valence-electron chi connectivity index (χ3n) is 5.05. The fourth-order valence-electron chi connectivity index (χ4n) is 3.51. The number of carbonyl (C=O) groups is 2. The van der Waals surface area contributed by atoms with E-state index in [1.807, 2.05) is 0 Å². The van der Waals surface area contributed by atoms with Crippen LogP contribution in [0.1, 0.15) is 17.3 Å². The van der Waals surface area contributed by atoms with Crippen LogP contribution in [0, 0.1) is 5.82 Å². The maximum absolute atomic E-state index is 14.4. The molecule has 3 aromatic rings. The Kier molecular flexibility index (Phi) is 5.49. The number of primary amides is 2. The molecule has 0 saturated carbocycles. The molecule has 0 aliphatic carbocycles. The molecule has 1 atom stereocenters. The molecule has 0 fully saturated rings. The number of hydrogen-bond acceptors (Lipinski definition) is 6. The van der Waals surface area contributed by atoms with Crippen LogP contribution in [0.4, 0.5) is 45.3 Å². The molecule has 2 heterocycles. The topological polar surface area (TPSA) is 144 Å². The van der Waals surface area contributed by atoms with Gasteiger partial charge in [-0.3, -0.25) is 9.69 Å². The number of amides is 3. The van der Waals surface area contributed by atoms with Crippen LogP contribution in [0.15, 0.2) is 64.2 Å². The molecule has 9 nitrogen and oxygen atoms in total. The molecule has 0 saturated heterocycles. The highest BCUT2D eigenvalue weighted by molar-refractivity contribution is 6.43. The lowest BCUT2D eigenvalue weighted by Gasteiger charge is -2.33. The Hall–Kier alpha value is -4.39. The first kappa shape index (κ1) is 22.8. The Morgan fingerprint density at radius 3 is 2.32 bits per heavy atom. The fourth-order valence-corrected chi connectivity index (χ4v) is 3.51. The molecular weight excluding hydrogens is 460 g/mol. The Morgan fingerprint density at radius 2 is 1.74 bits per heavy atom. The number of anilines is 3. The summed E-state index contributed by atoms with van der Waals surface area (Å²) in [5.41, 5.74) is 15.9. The molecular formula is C21H16F4N6O3. The summed E-state index contributed by atoms with van der Waals surface area (Å²) in [4.78, 5) is 30.0. The van der Waals surface area contributed by atoms with E-state index in [0.717, 1.165) is 0 Å². The van der Waals surface area contributed by atoms with Gasteiger partial charge in [0, 0.05) is 5.69 Å². The van der Waals surface area contributed by atoms with E-state index >= 15 is 0 Å². The van der Waals surface area contributed by atoms with Gasteiger partial charge >= 0.3 is 12.2 Å². The summed E-state index contributed by atoms with van der Waals surface area (Å²) in [6, 6.07) is 7.32. The predicted octanol–water partition coefficient (Wildman–Crippen LogP) is 3.65. The molecule has 0 bridgehead atoms. The monoisotopic (exact) mass is 476 g/mol. The van der Waals surface area contributed by atoms with Crippen molar-refractivity contribution in [3.8, 4) is 0 Å². The van der Waals surface area contributed by atoms with Crippen molar-refractivity contribution >= 4 is 40.7 Å². The lowest BCUT2D eigenvalue weighted by molar-refractivity contribution is -0.137. The summed E-state index contributed by atoms with van der Waals surface area (Å²) in [6.07, 6.45) is -4.34. The van der Waals surface area contributed by atoms with Crippen molar-refractivity contribution in [3.05, 3.63) is 71.7 Å². The largest absolute Gasteiger partial charge is 0.446 e. The lowest BCUT2D eigenvalue weighted by atomic mass is 10.1. The van der Waals surface area contributed by atoms with Gasteiger partial charge in [-0.05, 0) is 48.5 Å². The van der Waals surface area contributed by atoms with E-state index in [-0.39, 0.29) is 17.4 Å². The second-order valence-electron chi connectivity index (χ2n) is 7.15. The first-order chi connectivity index (χ1) is 16.0. The molecule has 1 aliphatic heterocycles. The van der Waals surface area contributed by atoms with Crippen LogP contribution in [0.2, 0.25) is 0 Å². The predicted molar refractivity (Wildman–Crippen MR) is 114 cm³/mol. The second kappa shape index (κ2) is 8.19. The molecule has 1 aliphatic rings. The number of alkyl halides is 3. The zero-order valence-electron chi connectivity index (χ0n) is 17.1. The number of benzene rings is 2. The van der Waals surface area contributed by atoms with Gasteiger partial charge in [-0.25, -0.2) is 9.18 Å². The average Bonchev–Trinajstić information content (AvgIpc) is 3.24. The fraction of sp³-hybridized carbons (Fsp3) is 0.0952. The molecule has 34 heavy (non-hydrogen) atoms. The van der Waals surface area contributed by atoms with Crippen LogP contribution in [0.5, 0.6) is 0 Å². The van der Waals surface area contributed by atoms with Gasteiger partial charge in [-0.2, -0.15) is 18.2 Å². The first-order valence-corrected chi connectivity index (χ1v) is 9.56. The summed E-state index contributed by atoms with van der Waals surface area (Å²) in [6.45, 7) is 0. The van der Waals surface area contributed by atoms with E-state index in [0.29, 0.717) is 34.3 Å². The SMILES string of the molecule is NC(=O)C1=Nc2occc2C(N)N1c1ccc(N(C(N)=O)c2cc(C(F)(F)F)ccc2F)cc1. The number of amidine groups is 1. The maximum atomic E-state index is 14.4. The summed E-state index contributed by atoms with van der Waals surface area (Å²) in [5.74, 6) is -2.09. The highest BCUT2D eigenvalue weighted by Gasteiger charge is 2.34. The van der Waals surface area contributed by atoms with Crippen LogP contribution in [0.25, 0.3) is 0 Å². The Morgan fingerprint density at radius 1 is 1.06 bits per heavy atom. The molecule has 4 rings (SSSR count). The van der Waals surface area contributed by atoms with E-state index in [2.05, 4.69) is 4.99 Å². The molecule has 1 aromatic heterocycles. The normalized spacial score (nSPS) is 15.5. The number of carbonyl (C=O) groups excluding carboxylic acids is 2. The van der Waals surface area contributed by atoms with E-state index in [1.165, 1.54) is 35.4 Å². The maximum Gasteiger partial charge on any atom is 0.416 e. The van der Waals surface area contributed by atoms with Crippen molar-refractivity contribution in [1.82, 2.24) is 0 Å². The summed E-state index contributed by atoms with van der Waals surface area (Å²) < 4.78 is 58.9. The standard InChI is InChI=1S/C21H16F4N6O3/c22-14-6-1-10(21(23,24)25)9-15(14)30(20(28)33)11-2-4-12(5-3-11)31-16(26)13-7-8-34-19(13)29-18(31)17(27)32/h1-9,16H,26H2,(H2,27,32)(H2,28,33). The van der Waals surface area contributed by atoms with Crippen LogP contribution in [-0.2, 0) is 11.0 Å². The van der Waals surface area contributed by atoms with Crippen molar-refractivity contribution in [3.63, 3.8) is 0 Å². The van der Waals surface area contributed by atoms with Crippen LogP contribution >= 0.6 is 0 Å². The number of fused-ring (bicyclic) bond motifs is 1. The number of halogens is 4. The number of nitrogens with zero attached hydrogens (tertiary/aromatic N) is 3. The van der Waals surface area contributed by atoms with Crippen molar-refractivity contribution in [2.24, 2.45) is 22.2 Å². The third-order valence-corrected chi connectivity index (χ3v) is 5.05. The van der Waals surface area contributed by atoms with Gasteiger partial charge in [0.25, 0.3) is 5.91 Å². The number of hydrogen-bond donors (Lipinski definition) is 3. The molecule has 3 amide bonds. The number of furan rings is 1. The average molecular weight is 476 g/mol. The van der Waals surface area contributed by atoms with Gasteiger partial charge in [-0.1, -0.05) is 0 Å². The third kappa shape index (κ3) is 3.92. The number of urea groups is 1. The minimum absolute atomic E-state index is 0.0402. The van der Waals surface area contributed by atoms with Crippen LogP contribution < -0.4 is 27.0 Å². The van der Waals surface area contributed by atoms with Gasteiger partial charge in [0.15, 0.2) is 0 Å². The summed E-state index contributed by atoms with van der Waals surface area (Å²) >= 11 is 0. The van der Waals surface area contributed by atoms with Crippen molar-refractivity contribution in [2.75, 3.05) is 9.80 Å². The van der Waals surface area contributed by atoms with Gasteiger partial charge in [0.2, 0.25) is 11.7 Å². The second-order valence-corrected chi connectivity index (χ2v) is 7.15. The molecule has 1 unspecified atom stereocenters. The van der Waals surface area contributed by atoms with Crippen LogP contribution in [-0.4, -0.2) is 17.8 Å². The van der Waals surface area contributed by atoms with E-state index in [1.54, 1.807) is 6.07 Å². The van der Waals surface area contributed by atoms with E-state index in [4.69, 9.17) is 21.6 Å². The summed E-state index contributed by atoms with van der Waals surface area (Å²) in [5, 5.41) is 0. The highest BCUT2D eigenvalue weighted by atomic mass is 19.4. The van der Waals surface area contributed by atoms with Gasteiger partial charge in [-0.15, -0.1) is 0 Å². The minimum Gasteiger partial charge on any atom is -0.446 e. The van der Waals surface area contributed by atoms with Crippen molar-refractivity contribution < 1.29 is 31.6 Å². The first-order valence-electron chi connectivity index (χ1n) is 9.56. The molecule has 176 valence electrons.